The van der Waals surface area contributed by atoms with Gasteiger partial charge in [-0.25, -0.2) is 15.0 Å². The Morgan fingerprint density at radius 1 is 0.533 bits per heavy atom. The molecule has 0 amide bonds. The smallest absolute Gasteiger partial charge is 0.252 e. The molecule has 0 N–H and O–H groups in total. The average molecular weight is 869 g/mol. The average Bonchev–Trinajstić information content (AvgIpc) is 3.05. The van der Waals surface area contributed by atoms with Gasteiger partial charge in [0.25, 0.3) is 5.24 Å². The van der Waals surface area contributed by atoms with E-state index in [9.17, 15) is 4.79 Å². The van der Waals surface area contributed by atoms with Crippen LogP contribution in [0, 0.1) is 11.3 Å². The highest BCUT2D eigenvalue weighted by molar-refractivity contribution is 9.11. The van der Waals surface area contributed by atoms with E-state index in [1.54, 1.807) is 24.3 Å². The maximum absolute atomic E-state index is 10.7. The summed E-state index contributed by atoms with van der Waals surface area (Å²) < 4.78 is 3.58. The zero-order chi connectivity index (χ0) is 32.2. The highest BCUT2D eigenvalue weighted by atomic mass is 79.9. The Kier molecular flexibility index (Phi) is 13.2. The van der Waals surface area contributed by atoms with E-state index >= 15 is 0 Å². The number of carbonyl (C=O) groups is 1. The minimum Gasteiger partial charge on any atom is -0.276 e. The van der Waals surface area contributed by atoms with Crippen LogP contribution in [0.25, 0.3) is 34.2 Å². The summed E-state index contributed by atoms with van der Waals surface area (Å²) in [6, 6.07) is 42.2. The molecule has 0 unspecified atom stereocenters. The number of halogens is 5. The summed E-state index contributed by atoms with van der Waals surface area (Å²) in [7, 11) is 0. The molecule has 1 heterocycles. The van der Waals surface area contributed by atoms with E-state index in [4.69, 9.17) is 31.8 Å². The summed E-state index contributed by atoms with van der Waals surface area (Å²) in [5.41, 5.74) is 4.04. The summed E-state index contributed by atoms with van der Waals surface area (Å²) in [6.45, 7) is 0. The number of hydrogen-bond donors (Lipinski definition) is 0. The van der Waals surface area contributed by atoms with E-state index in [0.717, 1.165) is 34.6 Å². The predicted octanol–water partition coefficient (Wildman–Crippen LogP) is 11.5. The van der Waals surface area contributed by atoms with Crippen molar-refractivity contribution in [2.45, 2.75) is 0 Å². The second-order valence-electron chi connectivity index (χ2n) is 9.11. The van der Waals surface area contributed by atoms with Crippen molar-refractivity contribution in [3.63, 3.8) is 0 Å². The van der Waals surface area contributed by atoms with Crippen LogP contribution in [0.5, 0.6) is 0 Å². The summed E-state index contributed by atoms with van der Waals surface area (Å²) in [6.07, 6.45) is 0. The van der Waals surface area contributed by atoms with E-state index in [0.29, 0.717) is 28.6 Å². The van der Waals surface area contributed by atoms with Crippen LogP contribution in [0.3, 0.4) is 0 Å². The Labute approximate surface area is 299 Å². The maximum atomic E-state index is 10.7. The van der Waals surface area contributed by atoms with Crippen molar-refractivity contribution in [2.24, 2.45) is 0 Å². The monoisotopic (exact) mass is 864 g/mol. The topological polar surface area (TPSA) is 79.5 Å². The lowest BCUT2D eigenvalue weighted by molar-refractivity contribution is 0.108. The van der Waals surface area contributed by atoms with Gasteiger partial charge in [-0.2, -0.15) is 5.26 Å². The van der Waals surface area contributed by atoms with Gasteiger partial charge in [0.15, 0.2) is 17.5 Å². The molecular formula is C35H21Br4ClN4O. The molecule has 0 atom stereocenters. The fourth-order valence-electron chi connectivity index (χ4n) is 3.80. The van der Waals surface area contributed by atoms with E-state index in [1.807, 2.05) is 109 Å². The van der Waals surface area contributed by atoms with Crippen molar-refractivity contribution in [3.8, 4) is 40.2 Å². The fourth-order valence-corrected chi connectivity index (χ4v) is 6.50. The zero-order valence-corrected chi connectivity index (χ0v) is 30.3. The molecule has 6 aromatic rings. The third-order valence-corrected chi connectivity index (χ3v) is 7.86. The minimum absolute atomic E-state index is 0.452. The third-order valence-electron chi connectivity index (χ3n) is 5.81. The molecule has 10 heteroatoms. The number of benzene rings is 5. The molecule has 0 spiro atoms. The second kappa shape index (κ2) is 17.2. The molecule has 0 bridgehead atoms. The third kappa shape index (κ3) is 10.8. The van der Waals surface area contributed by atoms with Crippen LogP contribution < -0.4 is 0 Å². The first-order valence-corrected chi connectivity index (χ1v) is 16.7. The van der Waals surface area contributed by atoms with Crippen LogP contribution in [0.2, 0.25) is 0 Å². The first-order chi connectivity index (χ1) is 21.7. The summed E-state index contributed by atoms with van der Waals surface area (Å²) in [4.78, 5) is 24.8. The van der Waals surface area contributed by atoms with Crippen molar-refractivity contribution in [3.05, 3.63) is 156 Å². The van der Waals surface area contributed by atoms with Gasteiger partial charge in [-0.1, -0.05) is 143 Å². The highest BCUT2D eigenvalue weighted by Crippen LogP contribution is 2.29. The van der Waals surface area contributed by atoms with Gasteiger partial charge in [0.05, 0.1) is 11.6 Å². The van der Waals surface area contributed by atoms with Gasteiger partial charge < -0.3 is 0 Å². The van der Waals surface area contributed by atoms with Gasteiger partial charge in [-0.05, 0) is 60.1 Å². The molecule has 0 fully saturated rings. The Morgan fingerprint density at radius 3 is 1.24 bits per heavy atom. The quantitative estimate of drug-likeness (QED) is 0.165. The Hall–Kier alpha value is -3.52. The molecule has 1 aromatic heterocycles. The van der Waals surface area contributed by atoms with Crippen molar-refractivity contribution in [1.82, 2.24) is 15.0 Å². The first-order valence-electron chi connectivity index (χ1n) is 13.2. The lowest BCUT2D eigenvalue weighted by atomic mass is 10.1. The minimum atomic E-state index is -0.452. The predicted molar refractivity (Wildman–Crippen MR) is 195 cm³/mol. The normalized spacial score (nSPS) is 9.96. The molecule has 222 valence electrons. The SMILES string of the molecule is Brc1cc(Br)cc(-c2nc(-c3ccccc3)nc(-c3ccccc3)n2)c1.N#Cc1ccccc1.O=C(Cl)c1cc(Br)cc(Br)c1. The van der Waals surface area contributed by atoms with Crippen LogP contribution in [-0.4, -0.2) is 20.2 Å². The largest absolute Gasteiger partial charge is 0.276 e. The number of aromatic nitrogens is 3. The van der Waals surface area contributed by atoms with Crippen molar-refractivity contribution < 1.29 is 4.79 Å². The number of nitrogens with zero attached hydrogens (tertiary/aromatic N) is 4. The van der Waals surface area contributed by atoms with E-state index in [1.165, 1.54) is 0 Å². The summed E-state index contributed by atoms with van der Waals surface area (Å²) >= 11 is 18.8. The molecule has 0 aliphatic heterocycles. The van der Waals surface area contributed by atoms with E-state index in [2.05, 4.69) is 63.7 Å². The van der Waals surface area contributed by atoms with E-state index in [-0.39, 0.29) is 0 Å². The number of nitriles is 1. The maximum Gasteiger partial charge on any atom is 0.252 e. The fraction of sp³-hybridized carbons (Fsp3) is 0. The van der Waals surface area contributed by atoms with Crippen LogP contribution in [0.15, 0.2) is 145 Å². The molecule has 0 saturated carbocycles. The van der Waals surface area contributed by atoms with Gasteiger partial charge >= 0.3 is 0 Å². The van der Waals surface area contributed by atoms with Crippen molar-refractivity contribution in [2.75, 3.05) is 0 Å². The highest BCUT2D eigenvalue weighted by Gasteiger charge is 2.12. The van der Waals surface area contributed by atoms with Gasteiger partial charge in [-0.15, -0.1) is 0 Å². The molecule has 5 aromatic carbocycles. The standard InChI is InChI=1S/C21H13Br2N3.C7H3Br2ClO.C7H5N/c22-17-11-16(12-18(23)13-17)21-25-19(14-7-3-1-4-8-14)24-20(26-21)15-9-5-2-6-10-15;8-5-1-4(7(10)11)2-6(9)3-5;8-6-7-4-2-1-3-5-7/h1-13H;1-3H;1-5H. The van der Waals surface area contributed by atoms with Gasteiger partial charge in [0.2, 0.25) is 0 Å². The number of carbonyl (C=O) groups excluding carboxylic acids is 1. The summed E-state index contributed by atoms with van der Waals surface area (Å²) in [5.74, 6) is 1.95. The van der Waals surface area contributed by atoms with Gasteiger partial charge in [-0.3, -0.25) is 4.79 Å². The van der Waals surface area contributed by atoms with Crippen LogP contribution in [0.1, 0.15) is 15.9 Å². The van der Waals surface area contributed by atoms with Crippen molar-refractivity contribution in [1.29, 1.82) is 5.26 Å². The lowest BCUT2D eigenvalue weighted by Crippen LogP contribution is -2.00. The molecule has 45 heavy (non-hydrogen) atoms. The molecular weight excluding hydrogens is 847 g/mol. The Balaban J connectivity index is 0.000000198. The van der Waals surface area contributed by atoms with Crippen LogP contribution in [-0.2, 0) is 0 Å². The Bertz CT molecular complexity index is 1840. The molecule has 0 aliphatic carbocycles. The molecule has 5 nitrogen and oxygen atoms in total. The van der Waals surface area contributed by atoms with Crippen LogP contribution >= 0.6 is 75.3 Å². The summed E-state index contributed by atoms with van der Waals surface area (Å²) in [5, 5.41) is 7.84. The first kappa shape index (κ1) is 34.4. The van der Waals surface area contributed by atoms with Gasteiger partial charge in [0, 0.05) is 40.1 Å². The second-order valence-corrected chi connectivity index (χ2v) is 13.1. The zero-order valence-electron chi connectivity index (χ0n) is 23.2. The van der Waals surface area contributed by atoms with Gasteiger partial charge in [0.1, 0.15) is 0 Å². The number of rotatable bonds is 4. The van der Waals surface area contributed by atoms with Crippen molar-refractivity contribution >= 4 is 80.6 Å². The van der Waals surface area contributed by atoms with Crippen LogP contribution in [0.4, 0.5) is 0 Å². The molecule has 6 rings (SSSR count). The molecule has 0 aliphatic rings. The molecule has 0 radical (unpaired) electrons. The number of hydrogen-bond acceptors (Lipinski definition) is 5. The molecule has 0 saturated heterocycles. The van der Waals surface area contributed by atoms with E-state index < -0.39 is 5.24 Å². The lowest BCUT2D eigenvalue weighted by Gasteiger charge is -2.09. The Morgan fingerprint density at radius 2 is 0.889 bits per heavy atom.